The van der Waals surface area contributed by atoms with E-state index in [1.807, 2.05) is 0 Å². The van der Waals surface area contributed by atoms with Crippen LogP contribution in [0.3, 0.4) is 0 Å². The second-order valence-corrected chi connectivity index (χ2v) is 21.7. The van der Waals surface area contributed by atoms with Crippen LogP contribution in [-0.2, 0) is 21.7 Å². The molecule has 6 aliphatic rings. The monoisotopic (exact) mass is 771 g/mol. The van der Waals surface area contributed by atoms with Crippen LogP contribution in [0, 0.1) is 23.7 Å². The molecule has 1 nitrogen and oxygen atoms in total. The standard InChI is InChI=1S/C58H61N/c1-55(2,3)42-21-17-41(18-22-42)47-26-28-51-53(48-15-11-12-16-49(48)58(51)43-32-37-31-38(34-43)35-44(58)33-37)54(47)59(45-23-19-40(20-24-45)39-13-9-8-10-14-39)46-25-27-50-52(36-46)57(6,7)30-29-56(50,4)5/h8-28,36-38,43-44H,29-35H2,1-7H3. The molecule has 59 heavy (non-hydrogen) atoms. The van der Waals surface area contributed by atoms with E-state index in [1.165, 1.54) is 112 Å². The van der Waals surface area contributed by atoms with Crippen LogP contribution in [-0.4, -0.2) is 0 Å². The first kappa shape index (κ1) is 37.1. The van der Waals surface area contributed by atoms with Gasteiger partial charge in [-0.3, -0.25) is 0 Å². The van der Waals surface area contributed by atoms with Crippen molar-refractivity contribution in [1.29, 1.82) is 0 Å². The van der Waals surface area contributed by atoms with Crippen molar-refractivity contribution < 1.29 is 0 Å². The van der Waals surface area contributed by atoms with Crippen molar-refractivity contribution in [3.8, 4) is 33.4 Å². The fourth-order valence-corrected chi connectivity index (χ4v) is 13.4. The lowest BCUT2D eigenvalue weighted by Crippen LogP contribution is -2.55. The predicted molar refractivity (Wildman–Crippen MR) is 249 cm³/mol. The molecule has 6 aromatic carbocycles. The molecular weight excluding hydrogens is 711 g/mol. The number of hydrogen-bond donors (Lipinski definition) is 0. The highest BCUT2D eigenvalue weighted by molar-refractivity contribution is 6.02. The van der Waals surface area contributed by atoms with Gasteiger partial charge in [-0.2, -0.15) is 0 Å². The van der Waals surface area contributed by atoms with Crippen molar-refractivity contribution >= 4 is 17.1 Å². The fourth-order valence-electron chi connectivity index (χ4n) is 13.4. The normalized spacial score (nSPS) is 25.4. The number of rotatable bonds is 5. The number of fused-ring (bicyclic) bond motifs is 4. The molecular formula is C58H61N. The number of nitrogens with zero attached hydrogens (tertiary/aromatic N) is 1. The van der Waals surface area contributed by atoms with Crippen LogP contribution in [0.25, 0.3) is 33.4 Å². The summed E-state index contributed by atoms with van der Waals surface area (Å²) in [6.07, 6.45) is 9.39. The highest BCUT2D eigenvalue weighted by Crippen LogP contribution is 2.71. The molecule has 0 radical (unpaired) electrons. The molecule has 4 saturated carbocycles. The molecule has 4 bridgehead atoms. The summed E-state index contributed by atoms with van der Waals surface area (Å²) in [5.74, 6) is 3.22. The third-order valence-electron chi connectivity index (χ3n) is 16.3. The first-order chi connectivity index (χ1) is 28.3. The molecule has 0 aromatic heterocycles. The molecule has 0 atom stereocenters. The van der Waals surface area contributed by atoms with E-state index in [4.69, 9.17) is 0 Å². The van der Waals surface area contributed by atoms with E-state index in [9.17, 15) is 0 Å². The summed E-state index contributed by atoms with van der Waals surface area (Å²) in [7, 11) is 0. The maximum atomic E-state index is 2.68. The van der Waals surface area contributed by atoms with Gasteiger partial charge in [0, 0.05) is 27.9 Å². The molecule has 0 aliphatic heterocycles. The summed E-state index contributed by atoms with van der Waals surface area (Å²) in [5, 5.41) is 0. The highest BCUT2D eigenvalue weighted by Gasteiger charge is 2.62. The zero-order valence-electron chi connectivity index (χ0n) is 36.4. The van der Waals surface area contributed by atoms with Gasteiger partial charge in [0.1, 0.15) is 0 Å². The van der Waals surface area contributed by atoms with Gasteiger partial charge in [0.15, 0.2) is 0 Å². The maximum absolute atomic E-state index is 2.68. The molecule has 0 unspecified atom stereocenters. The van der Waals surface area contributed by atoms with Crippen LogP contribution in [0.1, 0.15) is 121 Å². The van der Waals surface area contributed by atoms with E-state index >= 15 is 0 Å². The lowest BCUT2D eigenvalue weighted by molar-refractivity contribution is -0.0399. The van der Waals surface area contributed by atoms with Crippen molar-refractivity contribution in [2.45, 2.75) is 115 Å². The summed E-state index contributed by atoms with van der Waals surface area (Å²) >= 11 is 0. The highest BCUT2D eigenvalue weighted by atomic mass is 15.1. The Hall–Kier alpha value is -4.88. The van der Waals surface area contributed by atoms with Crippen molar-refractivity contribution in [2.24, 2.45) is 23.7 Å². The molecule has 1 spiro atoms. The van der Waals surface area contributed by atoms with Crippen LogP contribution in [0.2, 0.25) is 0 Å². The van der Waals surface area contributed by atoms with E-state index in [1.54, 1.807) is 11.1 Å². The van der Waals surface area contributed by atoms with Gasteiger partial charge < -0.3 is 4.90 Å². The van der Waals surface area contributed by atoms with Crippen LogP contribution in [0.15, 0.2) is 133 Å². The summed E-state index contributed by atoms with van der Waals surface area (Å²) < 4.78 is 0. The molecule has 6 aliphatic carbocycles. The van der Waals surface area contributed by atoms with Crippen molar-refractivity contribution in [3.05, 3.63) is 161 Å². The van der Waals surface area contributed by atoms with Gasteiger partial charge >= 0.3 is 0 Å². The summed E-state index contributed by atoms with van der Waals surface area (Å²) in [4.78, 5) is 2.68. The summed E-state index contributed by atoms with van der Waals surface area (Å²) in [6, 6.07) is 52.3. The minimum Gasteiger partial charge on any atom is -0.309 e. The van der Waals surface area contributed by atoms with Gasteiger partial charge in [0.25, 0.3) is 0 Å². The molecule has 12 rings (SSSR count). The SMILES string of the molecule is CC(C)(C)c1ccc(-c2ccc3c(c2N(c2ccc(-c4ccccc4)cc2)c2ccc4c(c2)C(C)(C)CCC4(C)C)-c2ccccc2C32C3CC4CC(C3)CC2C4)cc1. The number of benzene rings is 6. The molecule has 298 valence electrons. The van der Waals surface area contributed by atoms with E-state index in [2.05, 4.69) is 187 Å². The molecule has 0 amide bonds. The number of anilines is 3. The molecule has 0 heterocycles. The molecule has 6 aromatic rings. The van der Waals surface area contributed by atoms with Crippen molar-refractivity contribution in [1.82, 2.24) is 0 Å². The smallest absolute Gasteiger partial charge is 0.0621 e. The van der Waals surface area contributed by atoms with Gasteiger partial charge in [0.2, 0.25) is 0 Å². The van der Waals surface area contributed by atoms with E-state index in [0.29, 0.717) is 11.8 Å². The predicted octanol–water partition coefficient (Wildman–Crippen LogP) is 15.9. The quantitative estimate of drug-likeness (QED) is 0.169. The van der Waals surface area contributed by atoms with Crippen LogP contribution in [0.5, 0.6) is 0 Å². The Balaban J connectivity index is 1.22. The van der Waals surface area contributed by atoms with Crippen molar-refractivity contribution in [2.75, 3.05) is 4.90 Å². The van der Waals surface area contributed by atoms with E-state index in [-0.39, 0.29) is 21.7 Å². The average molecular weight is 772 g/mol. The Morgan fingerprint density at radius 1 is 0.475 bits per heavy atom. The Morgan fingerprint density at radius 2 is 1.03 bits per heavy atom. The van der Waals surface area contributed by atoms with Gasteiger partial charge in [0.05, 0.1) is 5.69 Å². The minimum absolute atomic E-state index is 0.0768. The maximum Gasteiger partial charge on any atom is 0.0621 e. The third-order valence-corrected chi connectivity index (χ3v) is 16.3. The zero-order chi connectivity index (χ0) is 40.5. The summed E-state index contributed by atoms with van der Waals surface area (Å²) in [6.45, 7) is 16.8. The summed E-state index contributed by atoms with van der Waals surface area (Å²) in [5.41, 5.74) is 19.8. The van der Waals surface area contributed by atoms with Crippen molar-refractivity contribution in [3.63, 3.8) is 0 Å². The molecule has 0 N–H and O–H groups in total. The molecule has 0 saturated heterocycles. The minimum atomic E-state index is 0.0768. The second-order valence-electron chi connectivity index (χ2n) is 21.7. The van der Waals surface area contributed by atoms with Gasteiger partial charge in [-0.25, -0.2) is 0 Å². The van der Waals surface area contributed by atoms with E-state index < -0.39 is 0 Å². The van der Waals surface area contributed by atoms with Gasteiger partial charge in [-0.05, 0) is 159 Å². The lowest BCUT2D eigenvalue weighted by atomic mass is 9.43. The number of hydrogen-bond acceptors (Lipinski definition) is 1. The van der Waals surface area contributed by atoms with Gasteiger partial charge in [-0.15, -0.1) is 0 Å². The fraction of sp³-hybridized carbons (Fsp3) is 0.379. The lowest BCUT2D eigenvalue weighted by Gasteiger charge is -2.61. The van der Waals surface area contributed by atoms with Crippen LogP contribution in [0.4, 0.5) is 17.1 Å². The van der Waals surface area contributed by atoms with Crippen LogP contribution < -0.4 is 4.90 Å². The Morgan fingerprint density at radius 3 is 1.69 bits per heavy atom. The second kappa shape index (κ2) is 13.1. The first-order valence-electron chi connectivity index (χ1n) is 22.8. The van der Waals surface area contributed by atoms with E-state index in [0.717, 1.165) is 11.8 Å². The molecule has 4 fully saturated rings. The van der Waals surface area contributed by atoms with Gasteiger partial charge in [-0.1, -0.05) is 158 Å². The Labute approximate surface area is 353 Å². The first-order valence-corrected chi connectivity index (χ1v) is 22.8. The average Bonchev–Trinajstić information content (AvgIpc) is 3.53. The zero-order valence-corrected chi connectivity index (χ0v) is 36.4. The Kier molecular flexibility index (Phi) is 8.22. The van der Waals surface area contributed by atoms with Crippen LogP contribution >= 0.6 is 0 Å². The topological polar surface area (TPSA) is 3.24 Å². The largest absolute Gasteiger partial charge is 0.309 e. The Bertz CT molecular complexity index is 2550. The molecule has 1 heteroatoms. The third kappa shape index (κ3) is 5.62.